The van der Waals surface area contributed by atoms with Crippen molar-refractivity contribution in [3.8, 4) is 0 Å². The van der Waals surface area contributed by atoms with Crippen LogP contribution in [-0.4, -0.2) is 96.1 Å². The molecule has 0 spiro atoms. The van der Waals surface area contributed by atoms with Crippen molar-refractivity contribution in [2.75, 3.05) is 33.2 Å². The molecule has 3 atom stereocenters. The lowest BCUT2D eigenvalue weighted by Gasteiger charge is -2.36. The number of benzene rings is 1. The van der Waals surface area contributed by atoms with Crippen molar-refractivity contribution in [1.82, 2.24) is 36.4 Å². The van der Waals surface area contributed by atoms with Gasteiger partial charge in [-0.05, 0) is 51.5 Å². The van der Waals surface area contributed by atoms with E-state index in [2.05, 4.69) is 33.2 Å². The number of likely N-dealkylation sites (N-methyl/N-ethyl adjacent to an activating group) is 1. The highest BCUT2D eigenvalue weighted by Crippen LogP contribution is 2.26. The van der Waals surface area contributed by atoms with Gasteiger partial charge in [-0.2, -0.15) is 0 Å². The van der Waals surface area contributed by atoms with Crippen LogP contribution in [0.4, 0.5) is 4.79 Å². The van der Waals surface area contributed by atoms with Crippen LogP contribution < -0.4 is 26.6 Å². The van der Waals surface area contributed by atoms with Crippen LogP contribution in [0.2, 0.25) is 0 Å². The van der Waals surface area contributed by atoms with Crippen LogP contribution in [0.15, 0.2) is 42.6 Å². The molecule has 2 rings (SSSR count). The van der Waals surface area contributed by atoms with Crippen LogP contribution in [0.25, 0.3) is 0 Å². The van der Waals surface area contributed by atoms with Crippen molar-refractivity contribution in [2.24, 2.45) is 5.41 Å². The summed E-state index contributed by atoms with van der Waals surface area (Å²) in [5, 5.41) is 13.5. The lowest BCUT2D eigenvalue weighted by molar-refractivity contribution is -0.142. The fourth-order valence-corrected chi connectivity index (χ4v) is 4.84. The van der Waals surface area contributed by atoms with Crippen LogP contribution in [0.5, 0.6) is 0 Å². The highest BCUT2D eigenvalue weighted by Gasteiger charge is 2.42. The Morgan fingerprint density at radius 2 is 1.59 bits per heavy atom. The summed E-state index contributed by atoms with van der Waals surface area (Å²) in [4.78, 5) is 80.3. The Hall–Kier alpha value is -4.42. The molecule has 13 heteroatoms. The molecule has 1 aromatic carbocycles. The highest BCUT2D eigenvalue weighted by atomic mass is 16.2. The first-order valence-corrected chi connectivity index (χ1v) is 15.6. The quantitative estimate of drug-likeness (QED) is 0.204. The van der Waals surface area contributed by atoms with E-state index in [9.17, 15) is 28.8 Å². The van der Waals surface area contributed by atoms with E-state index in [0.717, 1.165) is 5.56 Å². The van der Waals surface area contributed by atoms with Gasteiger partial charge >= 0.3 is 6.03 Å². The van der Waals surface area contributed by atoms with Crippen molar-refractivity contribution < 1.29 is 28.8 Å². The zero-order valence-electron chi connectivity index (χ0n) is 28.4. The summed E-state index contributed by atoms with van der Waals surface area (Å²) in [5.41, 5.74) is -0.126. The summed E-state index contributed by atoms with van der Waals surface area (Å²) in [5.74, 6) is -2.96. The monoisotopic (exact) mass is 641 g/mol. The number of urea groups is 1. The second kappa shape index (κ2) is 16.2. The van der Waals surface area contributed by atoms with Gasteiger partial charge in [0.1, 0.15) is 18.1 Å². The standard InChI is InChI=1S/C33H51N7O6/c1-10-39(9)29(44)25(22-15-12-11-13-16-22)36-21(2)19-34-28(43)24(41)20-35-27(42)23-17-14-18-40(23)30(45)26(32(3,4)5)37-31(46)38-33(6,7)8/h11-13,15-16,23,25-26,36H,2,10,14,17-20H2,1,3-9H3,(H,34,43)(H,35,42)(H2,37,38,46). The molecule has 46 heavy (non-hydrogen) atoms. The van der Waals surface area contributed by atoms with E-state index < -0.39 is 65.2 Å². The van der Waals surface area contributed by atoms with E-state index >= 15 is 0 Å². The smallest absolute Gasteiger partial charge is 0.315 e. The minimum absolute atomic E-state index is 0.125. The van der Waals surface area contributed by atoms with Gasteiger partial charge in [0.25, 0.3) is 5.91 Å². The number of carbonyl (C=O) groups excluding carboxylic acids is 6. The minimum Gasteiger partial charge on any atom is -0.372 e. The van der Waals surface area contributed by atoms with Crippen LogP contribution in [0, 0.1) is 5.41 Å². The third-order valence-electron chi connectivity index (χ3n) is 7.43. The number of carbonyl (C=O) groups is 6. The van der Waals surface area contributed by atoms with Gasteiger partial charge in [0, 0.05) is 31.4 Å². The number of nitrogens with zero attached hydrogens (tertiary/aromatic N) is 2. The first kappa shape index (κ1) is 37.8. The van der Waals surface area contributed by atoms with E-state index in [0.29, 0.717) is 31.6 Å². The summed E-state index contributed by atoms with van der Waals surface area (Å²) in [6, 6.07) is 6.09. The SMILES string of the molecule is C=C(CNC(=O)C(=O)CNC(=O)C1CCCN1C(=O)C(NC(=O)NC(C)(C)C)C(C)(C)C)NC(C(=O)N(C)CC)c1ccccc1. The van der Waals surface area contributed by atoms with E-state index in [1.807, 2.05) is 66.7 Å². The molecule has 13 nitrogen and oxygen atoms in total. The first-order chi connectivity index (χ1) is 21.4. The number of hydrogen-bond acceptors (Lipinski definition) is 7. The van der Waals surface area contributed by atoms with Gasteiger partial charge in [-0.3, -0.25) is 24.0 Å². The molecule has 1 fully saturated rings. The Labute approximate surface area is 272 Å². The number of ketones is 1. The molecule has 5 N–H and O–H groups in total. The Morgan fingerprint density at radius 3 is 2.15 bits per heavy atom. The van der Waals surface area contributed by atoms with Gasteiger partial charge in [-0.15, -0.1) is 0 Å². The molecular weight excluding hydrogens is 590 g/mol. The van der Waals surface area contributed by atoms with Crippen LogP contribution in [-0.2, 0) is 24.0 Å². The zero-order valence-corrected chi connectivity index (χ0v) is 28.4. The molecule has 0 aromatic heterocycles. The summed E-state index contributed by atoms with van der Waals surface area (Å²) in [6.07, 6.45) is 0.946. The molecule has 1 aromatic rings. The topological polar surface area (TPSA) is 169 Å². The minimum atomic E-state index is -0.933. The molecule has 1 aliphatic rings. The number of likely N-dealkylation sites (tertiary alicyclic amines) is 1. The second-order valence-electron chi connectivity index (χ2n) is 13.6. The molecule has 254 valence electrons. The van der Waals surface area contributed by atoms with Crippen LogP contribution >= 0.6 is 0 Å². The first-order valence-electron chi connectivity index (χ1n) is 15.6. The maximum Gasteiger partial charge on any atom is 0.315 e. The number of nitrogens with one attached hydrogen (secondary N) is 5. The van der Waals surface area contributed by atoms with E-state index in [-0.39, 0.29) is 12.5 Å². The van der Waals surface area contributed by atoms with Crippen LogP contribution in [0.1, 0.15) is 72.9 Å². The van der Waals surface area contributed by atoms with Gasteiger partial charge in [-0.25, -0.2) is 4.79 Å². The molecule has 1 saturated heterocycles. The van der Waals surface area contributed by atoms with Gasteiger partial charge in [-0.1, -0.05) is 57.7 Å². The normalized spacial score (nSPS) is 16.0. The Kier molecular flexibility index (Phi) is 13.3. The maximum atomic E-state index is 13.6. The zero-order chi connectivity index (χ0) is 34.8. The molecular formula is C33H51N7O6. The molecule has 0 radical (unpaired) electrons. The molecule has 3 unspecified atom stereocenters. The number of amides is 6. The molecule has 6 amide bonds. The average Bonchev–Trinajstić information content (AvgIpc) is 3.48. The second-order valence-corrected chi connectivity index (χ2v) is 13.6. The van der Waals surface area contributed by atoms with Gasteiger partial charge < -0.3 is 36.4 Å². The predicted molar refractivity (Wildman–Crippen MR) is 175 cm³/mol. The van der Waals surface area contributed by atoms with Crippen molar-refractivity contribution in [2.45, 2.75) is 85.0 Å². The molecule has 0 saturated carbocycles. The molecule has 1 aliphatic heterocycles. The Morgan fingerprint density at radius 1 is 0.957 bits per heavy atom. The summed E-state index contributed by atoms with van der Waals surface area (Å²) < 4.78 is 0. The molecule has 0 aliphatic carbocycles. The van der Waals surface area contributed by atoms with Gasteiger partial charge in [0.2, 0.25) is 23.5 Å². The number of Topliss-reactive ketones (excluding diaryl/α,β-unsaturated/α-hetero) is 1. The summed E-state index contributed by atoms with van der Waals surface area (Å²) in [6.45, 7) is 16.8. The van der Waals surface area contributed by atoms with Gasteiger partial charge in [0.15, 0.2) is 0 Å². The molecule has 1 heterocycles. The number of rotatable bonds is 13. The Bertz CT molecular complexity index is 1290. The van der Waals surface area contributed by atoms with E-state index in [4.69, 9.17) is 0 Å². The lowest BCUT2D eigenvalue weighted by Crippen LogP contribution is -2.60. The lowest BCUT2D eigenvalue weighted by atomic mass is 9.85. The van der Waals surface area contributed by atoms with Crippen molar-refractivity contribution in [3.05, 3.63) is 48.2 Å². The van der Waals surface area contributed by atoms with Crippen molar-refractivity contribution >= 4 is 35.4 Å². The third-order valence-corrected chi connectivity index (χ3v) is 7.43. The third kappa shape index (κ3) is 11.2. The summed E-state index contributed by atoms with van der Waals surface area (Å²) in [7, 11) is 1.69. The largest absolute Gasteiger partial charge is 0.372 e. The van der Waals surface area contributed by atoms with Crippen LogP contribution in [0.3, 0.4) is 0 Å². The van der Waals surface area contributed by atoms with E-state index in [1.165, 1.54) is 4.90 Å². The van der Waals surface area contributed by atoms with E-state index in [1.54, 1.807) is 24.1 Å². The number of hydrogen-bond donors (Lipinski definition) is 5. The van der Waals surface area contributed by atoms with Crippen molar-refractivity contribution in [1.29, 1.82) is 0 Å². The Balaban J connectivity index is 1.95. The van der Waals surface area contributed by atoms with Crippen molar-refractivity contribution in [3.63, 3.8) is 0 Å². The fraction of sp³-hybridized carbons (Fsp3) is 0.576. The maximum absolute atomic E-state index is 13.6. The highest BCUT2D eigenvalue weighted by molar-refractivity contribution is 6.37. The summed E-state index contributed by atoms with van der Waals surface area (Å²) >= 11 is 0. The predicted octanol–water partition coefficient (Wildman–Crippen LogP) is 1.61. The molecule has 0 bridgehead atoms. The van der Waals surface area contributed by atoms with Gasteiger partial charge in [0.05, 0.1) is 13.1 Å². The fourth-order valence-electron chi connectivity index (χ4n) is 4.84. The average molecular weight is 642 g/mol.